The van der Waals surface area contributed by atoms with E-state index in [0.717, 1.165) is 29.5 Å². The summed E-state index contributed by atoms with van der Waals surface area (Å²) in [5.74, 6) is 1.53. The van der Waals surface area contributed by atoms with Gasteiger partial charge >= 0.3 is 0 Å². The number of rotatable bonds is 6. The smallest absolute Gasteiger partial charge is 0.230 e. The first kappa shape index (κ1) is 18.6. The number of thioether (sulfide) groups is 1. The fourth-order valence-corrected chi connectivity index (χ4v) is 3.66. The predicted molar refractivity (Wildman–Crippen MR) is 102 cm³/mol. The molecule has 0 bridgehead atoms. The molecule has 1 aromatic carbocycles. The van der Waals surface area contributed by atoms with E-state index in [0.29, 0.717) is 12.5 Å². The van der Waals surface area contributed by atoms with Gasteiger partial charge in [0.05, 0.1) is 5.75 Å². The van der Waals surface area contributed by atoms with E-state index >= 15 is 0 Å². The van der Waals surface area contributed by atoms with Crippen LogP contribution in [-0.4, -0.2) is 34.7 Å². The van der Waals surface area contributed by atoms with Crippen LogP contribution in [0.2, 0.25) is 0 Å². The molecule has 1 unspecified atom stereocenters. The zero-order chi connectivity index (χ0) is 18.4. The highest BCUT2D eigenvalue weighted by Crippen LogP contribution is 2.24. The summed E-state index contributed by atoms with van der Waals surface area (Å²) in [6, 6.07) is 8.06. The molecule has 1 aromatic heterocycles. The van der Waals surface area contributed by atoms with Crippen molar-refractivity contribution >= 4 is 23.5 Å². The molecule has 138 valence electrons. The van der Waals surface area contributed by atoms with Gasteiger partial charge in [-0.05, 0) is 36.5 Å². The molecule has 7 heteroatoms. The van der Waals surface area contributed by atoms with E-state index in [1.54, 1.807) is 18.5 Å². The van der Waals surface area contributed by atoms with Gasteiger partial charge in [-0.2, -0.15) is 0 Å². The van der Waals surface area contributed by atoms with Gasteiger partial charge in [0.15, 0.2) is 0 Å². The molecule has 1 atom stereocenters. The molecule has 0 radical (unpaired) electrons. The van der Waals surface area contributed by atoms with Gasteiger partial charge in [-0.15, -0.1) is 0 Å². The van der Waals surface area contributed by atoms with E-state index in [1.165, 1.54) is 36.7 Å². The van der Waals surface area contributed by atoms with E-state index in [1.807, 2.05) is 6.07 Å². The molecule has 1 aliphatic rings. The Hall–Kier alpha value is -2.15. The van der Waals surface area contributed by atoms with Crippen LogP contribution >= 0.6 is 11.8 Å². The molecule has 3 rings (SSSR count). The first-order chi connectivity index (χ1) is 12.6. The van der Waals surface area contributed by atoms with Gasteiger partial charge in [-0.3, -0.25) is 4.79 Å². The Morgan fingerprint density at radius 3 is 2.92 bits per heavy atom. The largest absolute Gasteiger partial charge is 0.356 e. The van der Waals surface area contributed by atoms with Crippen LogP contribution < -0.4 is 10.2 Å². The van der Waals surface area contributed by atoms with Gasteiger partial charge in [0.25, 0.3) is 0 Å². The Morgan fingerprint density at radius 2 is 2.15 bits per heavy atom. The highest BCUT2D eigenvalue weighted by atomic mass is 32.2. The van der Waals surface area contributed by atoms with Gasteiger partial charge in [0.2, 0.25) is 5.91 Å². The normalized spacial score (nSPS) is 17.2. The molecule has 1 fully saturated rings. The summed E-state index contributed by atoms with van der Waals surface area (Å²) in [5, 5.41) is 3.63. The monoisotopic (exact) mass is 374 g/mol. The molecule has 2 aromatic rings. The van der Waals surface area contributed by atoms with Gasteiger partial charge in [0, 0.05) is 25.7 Å². The highest BCUT2D eigenvalue weighted by molar-refractivity contribution is 7.99. The molecule has 2 heterocycles. The number of anilines is 1. The van der Waals surface area contributed by atoms with Gasteiger partial charge in [-0.25, -0.2) is 14.4 Å². The average Bonchev–Trinajstić information content (AvgIpc) is 2.66. The summed E-state index contributed by atoms with van der Waals surface area (Å²) in [7, 11) is 0. The van der Waals surface area contributed by atoms with Crippen molar-refractivity contribution in [2.24, 2.45) is 5.92 Å². The summed E-state index contributed by atoms with van der Waals surface area (Å²) in [6.45, 7) is 4.68. The van der Waals surface area contributed by atoms with E-state index in [2.05, 4.69) is 27.1 Å². The first-order valence-corrected chi connectivity index (χ1v) is 9.79. The van der Waals surface area contributed by atoms with Crippen molar-refractivity contribution in [2.75, 3.05) is 23.7 Å². The summed E-state index contributed by atoms with van der Waals surface area (Å²) >= 11 is 1.40. The van der Waals surface area contributed by atoms with E-state index in [9.17, 15) is 9.18 Å². The molecule has 0 aliphatic carbocycles. The number of nitrogens with one attached hydrogen (secondary N) is 1. The fourth-order valence-electron chi connectivity index (χ4n) is 2.97. The van der Waals surface area contributed by atoms with Crippen molar-refractivity contribution in [3.63, 3.8) is 0 Å². The van der Waals surface area contributed by atoms with Crippen molar-refractivity contribution in [1.29, 1.82) is 0 Å². The molecular weight excluding hydrogens is 351 g/mol. The van der Waals surface area contributed by atoms with E-state index < -0.39 is 0 Å². The fraction of sp³-hybridized carbons (Fsp3) is 0.421. The van der Waals surface area contributed by atoms with Crippen molar-refractivity contribution in [3.8, 4) is 0 Å². The standard InChI is InChI=1S/C19H23FN4OS/c1-14-3-2-8-24(11-14)17-9-19(23-13-22-17)26-12-18(25)21-10-15-4-6-16(20)7-5-15/h4-7,9,13-14H,2-3,8,10-12H2,1H3,(H,21,25). The number of aromatic nitrogens is 2. The second kappa shape index (κ2) is 8.98. The number of nitrogens with zero attached hydrogens (tertiary/aromatic N) is 3. The van der Waals surface area contributed by atoms with Gasteiger partial charge in [-0.1, -0.05) is 30.8 Å². The first-order valence-electron chi connectivity index (χ1n) is 8.81. The third-order valence-electron chi connectivity index (χ3n) is 4.36. The maximum Gasteiger partial charge on any atom is 0.230 e. The minimum atomic E-state index is -0.279. The van der Waals surface area contributed by atoms with E-state index in [4.69, 9.17) is 0 Å². The van der Waals surface area contributed by atoms with Gasteiger partial charge in [0.1, 0.15) is 23.0 Å². The Morgan fingerprint density at radius 1 is 1.35 bits per heavy atom. The van der Waals surface area contributed by atoms with Crippen LogP contribution in [-0.2, 0) is 11.3 Å². The second-order valence-corrected chi connectivity index (χ2v) is 7.60. The molecule has 26 heavy (non-hydrogen) atoms. The Kier molecular flexibility index (Phi) is 6.44. The lowest BCUT2D eigenvalue weighted by atomic mass is 10.0. The maximum atomic E-state index is 12.9. The van der Waals surface area contributed by atoms with Crippen LogP contribution in [0.3, 0.4) is 0 Å². The third-order valence-corrected chi connectivity index (χ3v) is 5.29. The number of piperidine rings is 1. The van der Waals surface area contributed by atoms with Crippen LogP contribution in [0.1, 0.15) is 25.3 Å². The molecular formula is C19H23FN4OS. The molecule has 0 saturated carbocycles. The lowest BCUT2D eigenvalue weighted by molar-refractivity contribution is -0.118. The predicted octanol–water partition coefficient (Wildman–Crippen LogP) is 3.26. The Balaban J connectivity index is 1.48. The van der Waals surface area contributed by atoms with Crippen LogP contribution in [0.4, 0.5) is 10.2 Å². The number of hydrogen-bond donors (Lipinski definition) is 1. The van der Waals surface area contributed by atoms with Crippen LogP contribution in [0, 0.1) is 11.7 Å². The Bertz CT molecular complexity index is 741. The lowest BCUT2D eigenvalue weighted by Crippen LogP contribution is -2.34. The average molecular weight is 374 g/mol. The van der Waals surface area contributed by atoms with Crippen molar-refractivity contribution in [2.45, 2.75) is 31.3 Å². The zero-order valence-electron chi connectivity index (χ0n) is 14.8. The molecule has 1 saturated heterocycles. The third kappa shape index (κ3) is 5.42. The van der Waals surface area contributed by atoms with Crippen molar-refractivity contribution in [3.05, 3.63) is 48.0 Å². The maximum absolute atomic E-state index is 12.9. The molecule has 1 N–H and O–H groups in total. The SMILES string of the molecule is CC1CCCN(c2cc(SCC(=O)NCc3ccc(F)cc3)ncn2)C1. The van der Waals surface area contributed by atoms with Crippen molar-refractivity contribution in [1.82, 2.24) is 15.3 Å². The summed E-state index contributed by atoms with van der Waals surface area (Å²) < 4.78 is 12.9. The minimum Gasteiger partial charge on any atom is -0.356 e. The highest BCUT2D eigenvalue weighted by Gasteiger charge is 2.18. The number of carbonyl (C=O) groups excluding carboxylic acids is 1. The molecule has 1 amide bonds. The second-order valence-electron chi connectivity index (χ2n) is 6.60. The van der Waals surface area contributed by atoms with Crippen LogP contribution in [0.5, 0.6) is 0 Å². The summed E-state index contributed by atoms with van der Waals surface area (Å²) in [5.41, 5.74) is 0.869. The lowest BCUT2D eigenvalue weighted by Gasteiger charge is -2.31. The number of benzene rings is 1. The number of halogens is 1. The van der Waals surface area contributed by atoms with E-state index in [-0.39, 0.29) is 17.5 Å². The number of amides is 1. The zero-order valence-corrected chi connectivity index (χ0v) is 15.6. The molecule has 5 nitrogen and oxygen atoms in total. The van der Waals surface area contributed by atoms with Crippen LogP contribution in [0.25, 0.3) is 0 Å². The summed E-state index contributed by atoms with van der Waals surface area (Å²) in [6.07, 6.45) is 4.00. The van der Waals surface area contributed by atoms with Gasteiger partial charge < -0.3 is 10.2 Å². The Labute approximate surface area is 157 Å². The quantitative estimate of drug-likeness (QED) is 0.621. The summed E-state index contributed by atoms with van der Waals surface area (Å²) in [4.78, 5) is 22.9. The topological polar surface area (TPSA) is 58.1 Å². The number of hydrogen-bond acceptors (Lipinski definition) is 5. The van der Waals surface area contributed by atoms with Crippen molar-refractivity contribution < 1.29 is 9.18 Å². The van der Waals surface area contributed by atoms with Crippen LogP contribution in [0.15, 0.2) is 41.7 Å². The number of carbonyl (C=O) groups is 1. The molecule has 1 aliphatic heterocycles. The minimum absolute atomic E-state index is 0.0777. The molecule has 0 spiro atoms.